The summed E-state index contributed by atoms with van der Waals surface area (Å²) in [4.78, 5) is 57.0. The van der Waals surface area contributed by atoms with Crippen molar-refractivity contribution in [2.75, 3.05) is 92.1 Å². The van der Waals surface area contributed by atoms with Crippen LogP contribution in [0.2, 0.25) is 0 Å². The number of nitrogens with zero attached hydrogens (tertiary/aromatic N) is 2. The third-order valence-corrected chi connectivity index (χ3v) is 19.8. The Morgan fingerprint density at radius 1 is 0.289 bits per heavy atom. The normalized spacial score (nSPS) is 12.7. The second-order valence-electron chi connectivity index (χ2n) is 29.0. The third-order valence-electron chi connectivity index (χ3n) is 19.8. The molecule has 0 fully saturated rings. The summed E-state index contributed by atoms with van der Waals surface area (Å²) in [6, 6.07) is 0. The molecule has 0 rings (SSSR count). The van der Waals surface area contributed by atoms with E-state index in [1.54, 1.807) is 0 Å². The van der Waals surface area contributed by atoms with Gasteiger partial charge in [-0.25, -0.2) is 4.79 Å². The van der Waals surface area contributed by atoms with Crippen molar-refractivity contribution in [1.82, 2.24) is 9.80 Å². The van der Waals surface area contributed by atoms with E-state index in [4.69, 9.17) is 28.4 Å². The van der Waals surface area contributed by atoms with E-state index in [0.29, 0.717) is 65.4 Å². The van der Waals surface area contributed by atoms with E-state index in [-0.39, 0.29) is 67.7 Å². The Bertz CT molecular complexity index is 1640. The zero-order chi connectivity index (χ0) is 70.8. The van der Waals surface area contributed by atoms with Gasteiger partial charge in [-0.2, -0.15) is 0 Å². The molecule has 0 saturated carbocycles. The number of carbonyl (C=O) groups excluding carboxylic acids is 4. The largest absolute Gasteiger partial charge is 0.466 e. The number of aliphatic hydroxyl groups excluding tert-OH is 2. The summed E-state index contributed by atoms with van der Waals surface area (Å²) >= 11 is 0. The zero-order valence-corrected chi connectivity index (χ0v) is 65.0. The van der Waals surface area contributed by atoms with Crippen LogP contribution in [0.25, 0.3) is 0 Å². The van der Waals surface area contributed by atoms with Gasteiger partial charge in [0.15, 0.2) is 0 Å². The molecule has 2 N–H and O–H groups in total. The topological polar surface area (TPSA) is 171 Å². The number of ether oxygens (including phenoxy) is 6. The van der Waals surface area contributed by atoms with Crippen LogP contribution in [-0.2, 0) is 47.6 Å². The number of rotatable bonds is 80. The lowest BCUT2D eigenvalue weighted by Crippen LogP contribution is -2.31. The van der Waals surface area contributed by atoms with Crippen LogP contribution in [0.3, 0.4) is 0 Å². The first kappa shape index (κ1) is 94.6. The molecule has 3 unspecified atom stereocenters. The van der Waals surface area contributed by atoms with Crippen LogP contribution in [-0.4, -0.2) is 148 Å². The molecule has 576 valence electrons. The van der Waals surface area contributed by atoms with Crippen molar-refractivity contribution in [3.05, 3.63) is 0 Å². The van der Waals surface area contributed by atoms with Gasteiger partial charge in [0, 0.05) is 52.1 Å². The fraction of sp³-hybridized carbons (Fsp3) is 0.952. The Morgan fingerprint density at radius 2 is 0.629 bits per heavy atom. The van der Waals surface area contributed by atoms with Gasteiger partial charge in [0.2, 0.25) is 0 Å². The second kappa shape index (κ2) is 76.3. The first-order valence-corrected chi connectivity index (χ1v) is 42.1. The van der Waals surface area contributed by atoms with E-state index in [1.807, 2.05) is 0 Å². The second-order valence-corrected chi connectivity index (χ2v) is 29.0. The van der Waals surface area contributed by atoms with Crippen LogP contribution in [0.15, 0.2) is 0 Å². The zero-order valence-electron chi connectivity index (χ0n) is 65.0. The van der Waals surface area contributed by atoms with Crippen molar-refractivity contribution in [2.45, 2.75) is 407 Å². The highest BCUT2D eigenvalue weighted by Gasteiger charge is 2.28. The van der Waals surface area contributed by atoms with E-state index in [0.717, 1.165) is 187 Å². The molecule has 0 amide bonds. The monoisotopic (exact) mass is 1380 g/mol. The lowest BCUT2D eigenvalue weighted by Gasteiger charge is -2.31. The lowest BCUT2D eigenvalue weighted by molar-refractivity contribution is -0.156. The maximum absolute atomic E-state index is 13.6. The number of aliphatic hydroxyl groups is 2. The fourth-order valence-electron chi connectivity index (χ4n) is 13.5. The van der Waals surface area contributed by atoms with Gasteiger partial charge < -0.3 is 43.5 Å². The first-order valence-electron chi connectivity index (χ1n) is 42.1. The summed E-state index contributed by atoms with van der Waals surface area (Å²) < 4.78 is 36.2. The SMILES string of the molecule is CCCCCCCCCOC(=O)CCCCCN(CCO)CCCCCOCC(=O)OC(CCCCCCC)CC(CCCCCC)C(CCCCCCCCC)COC(=O)CCCCCN(CCO)CCOCCCCC(=O)OC(CCCCCCCC)CCCCCCCC. The predicted molar refractivity (Wildman–Crippen MR) is 405 cm³/mol. The van der Waals surface area contributed by atoms with Crippen molar-refractivity contribution in [3.8, 4) is 0 Å². The van der Waals surface area contributed by atoms with Crippen LogP contribution in [0.1, 0.15) is 395 Å². The molecule has 0 radical (unpaired) electrons. The molecule has 0 aromatic carbocycles. The minimum absolute atomic E-state index is 0.0478. The molecule has 97 heavy (non-hydrogen) atoms. The Balaban J connectivity index is 5.34. The van der Waals surface area contributed by atoms with Gasteiger partial charge in [0.1, 0.15) is 18.8 Å². The Labute approximate surface area is 599 Å². The number of hydrogen-bond donors (Lipinski definition) is 2. The molecule has 0 saturated heterocycles. The average Bonchev–Trinajstić information content (AvgIpc) is 2.10. The average molecular weight is 1380 g/mol. The van der Waals surface area contributed by atoms with E-state index >= 15 is 0 Å². The Kier molecular flexibility index (Phi) is 74.4. The maximum Gasteiger partial charge on any atom is 0.332 e. The molecule has 0 aromatic rings. The first-order chi connectivity index (χ1) is 47.6. The molecular weight excluding hydrogens is 1220 g/mol. The summed E-state index contributed by atoms with van der Waals surface area (Å²) in [7, 11) is 0. The molecule has 0 aliphatic heterocycles. The predicted octanol–water partition coefficient (Wildman–Crippen LogP) is 21.3. The van der Waals surface area contributed by atoms with Crippen molar-refractivity contribution in [2.24, 2.45) is 11.8 Å². The highest BCUT2D eigenvalue weighted by atomic mass is 16.6. The van der Waals surface area contributed by atoms with Crippen LogP contribution in [0, 0.1) is 11.8 Å². The van der Waals surface area contributed by atoms with Crippen molar-refractivity contribution in [3.63, 3.8) is 0 Å². The van der Waals surface area contributed by atoms with E-state index in [9.17, 15) is 29.4 Å². The minimum atomic E-state index is -0.288. The Morgan fingerprint density at radius 3 is 1.12 bits per heavy atom. The van der Waals surface area contributed by atoms with Gasteiger partial charge in [0.25, 0.3) is 0 Å². The number of unbranched alkanes of at least 4 members (excludes halogenated alkanes) is 36. The lowest BCUT2D eigenvalue weighted by atomic mass is 9.80. The summed E-state index contributed by atoms with van der Waals surface area (Å²) in [5.41, 5.74) is 0. The fourth-order valence-corrected chi connectivity index (χ4v) is 13.5. The van der Waals surface area contributed by atoms with Gasteiger partial charge in [-0.15, -0.1) is 0 Å². The van der Waals surface area contributed by atoms with Gasteiger partial charge >= 0.3 is 23.9 Å². The molecule has 0 spiro atoms. The van der Waals surface area contributed by atoms with Gasteiger partial charge in [-0.3, -0.25) is 19.3 Å². The summed E-state index contributed by atoms with van der Waals surface area (Å²) in [6.07, 6.45) is 58.9. The molecule has 0 bridgehead atoms. The van der Waals surface area contributed by atoms with Crippen LogP contribution >= 0.6 is 0 Å². The molecule has 14 heteroatoms. The molecule has 0 aromatic heterocycles. The molecule has 0 heterocycles. The van der Waals surface area contributed by atoms with Crippen molar-refractivity contribution < 1.29 is 57.8 Å². The molecule has 0 aliphatic carbocycles. The summed E-state index contributed by atoms with van der Waals surface area (Å²) in [5.74, 6) is -0.0800. The van der Waals surface area contributed by atoms with Crippen LogP contribution in [0.5, 0.6) is 0 Å². The van der Waals surface area contributed by atoms with Gasteiger partial charge in [-0.05, 0) is 153 Å². The highest BCUT2D eigenvalue weighted by Crippen LogP contribution is 2.32. The Hall–Kier alpha value is -2.36. The molecule has 3 atom stereocenters. The van der Waals surface area contributed by atoms with E-state index < -0.39 is 0 Å². The smallest absolute Gasteiger partial charge is 0.332 e. The maximum atomic E-state index is 13.6. The van der Waals surface area contributed by atoms with Crippen LogP contribution < -0.4 is 0 Å². The minimum Gasteiger partial charge on any atom is -0.466 e. The van der Waals surface area contributed by atoms with E-state index in [2.05, 4.69) is 51.3 Å². The summed E-state index contributed by atoms with van der Waals surface area (Å²) in [5, 5.41) is 19.6. The quantitative estimate of drug-likeness (QED) is 0.0335. The van der Waals surface area contributed by atoms with E-state index in [1.165, 1.54) is 173 Å². The third kappa shape index (κ3) is 66.6. The number of carbonyl (C=O) groups is 4. The van der Waals surface area contributed by atoms with Gasteiger partial charge in [-0.1, -0.05) is 253 Å². The van der Waals surface area contributed by atoms with Gasteiger partial charge in [0.05, 0.1) is 33.0 Å². The molecular formula is C83H162N2O12. The van der Waals surface area contributed by atoms with Crippen molar-refractivity contribution in [1.29, 1.82) is 0 Å². The van der Waals surface area contributed by atoms with Crippen LogP contribution in [0.4, 0.5) is 0 Å². The molecule has 14 nitrogen and oxygen atoms in total. The van der Waals surface area contributed by atoms with Crippen molar-refractivity contribution >= 4 is 23.9 Å². The number of hydrogen-bond acceptors (Lipinski definition) is 14. The number of esters is 4. The standard InChI is InChI=1S/C83H162N2O12/c1-7-13-19-25-29-32-40-54-77(74-95-81(89)59-45-37-48-63-85(65-68-87)66-72-92-69-52-46-60-82(90)96-78(55-41-33-27-21-15-9-3)56-42-34-28-22-16-10-4)76(53-39-24-18-12-6)73-79(57-43-31-23-17-11-5)97-83(91)75-93-70-50-38-49-62-84(64-67-86)61-47-36-44-58-80(88)94-71-51-35-30-26-20-14-8-2/h76-79,86-87H,7-75H2,1-6H3. The highest BCUT2D eigenvalue weighted by molar-refractivity contribution is 5.71. The summed E-state index contributed by atoms with van der Waals surface area (Å²) in [6.45, 7) is 20.9. The molecule has 0 aliphatic rings.